The van der Waals surface area contributed by atoms with Crippen molar-refractivity contribution < 1.29 is 17.6 Å². The summed E-state index contributed by atoms with van der Waals surface area (Å²) in [6, 6.07) is 12.0. The topological polar surface area (TPSA) is 66.5 Å². The molecule has 0 fully saturated rings. The lowest BCUT2D eigenvalue weighted by atomic mass is 9.89. The predicted octanol–water partition coefficient (Wildman–Crippen LogP) is 4.13. The van der Waals surface area contributed by atoms with Gasteiger partial charge >= 0.3 is 0 Å². The highest BCUT2D eigenvalue weighted by Gasteiger charge is 2.21. The van der Waals surface area contributed by atoms with E-state index in [1.54, 1.807) is 6.07 Å². The minimum atomic E-state index is -3.65. The Morgan fingerprint density at radius 1 is 1.13 bits per heavy atom. The minimum Gasteiger partial charge on any atom is -0.350 e. The summed E-state index contributed by atoms with van der Waals surface area (Å²) < 4.78 is 39.3. The van der Waals surface area contributed by atoms with E-state index in [1.807, 2.05) is 6.92 Å². The Morgan fingerprint density at radius 3 is 2.53 bits per heavy atom. The number of nitrogens with one attached hydrogen (secondary N) is 1. The summed E-state index contributed by atoms with van der Waals surface area (Å²) in [6.07, 6.45) is 6.14. The standard InChI is InChI=1S/C23H29FN2O3S/c1-17(19-14-13-18-8-3-4-9-20(18)16-19)25-23(27)12-7-15-26(30(2,28)29)22-11-6-5-10-21(22)24/h5-6,10-11,13-14,16-17H,3-4,7-9,12,15H2,1-2H3,(H,25,27)/t17-/m0/s1. The summed E-state index contributed by atoms with van der Waals surface area (Å²) in [5.41, 5.74) is 3.85. The number of hydrogen-bond donors (Lipinski definition) is 1. The van der Waals surface area contributed by atoms with Crippen LogP contribution >= 0.6 is 0 Å². The van der Waals surface area contributed by atoms with E-state index >= 15 is 0 Å². The quantitative estimate of drug-likeness (QED) is 0.682. The van der Waals surface area contributed by atoms with Gasteiger partial charge in [0.2, 0.25) is 15.9 Å². The molecule has 2 aromatic rings. The van der Waals surface area contributed by atoms with Gasteiger partial charge in [0.05, 0.1) is 18.0 Å². The molecule has 7 heteroatoms. The molecule has 1 aliphatic carbocycles. The Hall–Kier alpha value is -2.41. The molecule has 1 amide bonds. The first kappa shape index (κ1) is 22.3. The smallest absolute Gasteiger partial charge is 0.232 e. The van der Waals surface area contributed by atoms with Crippen LogP contribution in [0.4, 0.5) is 10.1 Å². The monoisotopic (exact) mass is 432 g/mol. The predicted molar refractivity (Wildman–Crippen MR) is 117 cm³/mol. The van der Waals surface area contributed by atoms with E-state index in [4.69, 9.17) is 0 Å². The SMILES string of the molecule is C[C@H](NC(=O)CCCN(c1ccccc1F)S(C)(=O)=O)c1ccc2c(c1)CCCC2. The van der Waals surface area contributed by atoms with Gasteiger partial charge in [-0.2, -0.15) is 0 Å². The van der Waals surface area contributed by atoms with Crippen molar-refractivity contribution in [2.45, 2.75) is 51.5 Å². The van der Waals surface area contributed by atoms with Crippen LogP contribution in [-0.4, -0.2) is 27.1 Å². The van der Waals surface area contributed by atoms with Gasteiger partial charge < -0.3 is 5.32 Å². The Bertz CT molecular complexity index is 1010. The first-order valence-electron chi connectivity index (χ1n) is 10.4. The van der Waals surface area contributed by atoms with Crippen LogP contribution < -0.4 is 9.62 Å². The molecule has 1 atom stereocenters. The maximum absolute atomic E-state index is 14.1. The van der Waals surface area contributed by atoms with Crippen molar-refractivity contribution in [1.29, 1.82) is 0 Å². The summed E-state index contributed by atoms with van der Waals surface area (Å²) in [6.45, 7) is 1.99. The molecule has 0 aliphatic heterocycles. The lowest BCUT2D eigenvalue weighted by Gasteiger charge is -2.23. The number of carbonyl (C=O) groups is 1. The van der Waals surface area contributed by atoms with Gasteiger partial charge in [-0.15, -0.1) is 0 Å². The molecule has 2 aromatic carbocycles. The number of rotatable bonds is 8. The van der Waals surface area contributed by atoms with Gasteiger partial charge in [0.15, 0.2) is 0 Å². The third-order valence-corrected chi connectivity index (χ3v) is 6.72. The third-order valence-electron chi connectivity index (χ3n) is 5.54. The van der Waals surface area contributed by atoms with Crippen LogP contribution in [0.25, 0.3) is 0 Å². The van der Waals surface area contributed by atoms with Crippen LogP contribution in [0.15, 0.2) is 42.5 Å². The largest absolute Gasteiger partial charge is 0.350 e. The van der Waals surface area contributed by atoms with Crippen LogP contribution in [0.2, 0.25) is 0 Å². The van der Waals surface area contributed by atoms with Gasteiger partial charge in [-0.1, -0.05) is 30.3 Å². The fraction of sp³-hybridized carbons (Fsp3) is 0.435. The van der Waals surface area contributed by atoms with Crippen LogP contribution in [0, 0.1) is 5.82 Å². The number of halogens is 1. The van der Waals surface area contributed by atoms with E-state index in [9.17, 15) is 17.6 Å². The second-order valence-corrected chi connectivity index (χ2v) is 9.82. The van der Waals surface area contributed by atoms with Crippen LogP contribution in [0.3, 0.4) is 0 Å². The highest BCUT2D eigenvalue weighted by molar-refractivity contribution is 7.92. The molecule has 162 valence electrons. The molecule has 0 radical (unpaired) electrons. The third kappa shape index (κ3) is 5.59. The Labute approximate surface area is 178 Å². The highest BCUT2D eigenvalue weighted by atomic mass is 32.2. The van der Waals surface area contributed by atoms with Crippen molar-refractivity contribution in [3.8, 4) is 0 Å². The minimum absolute atomic E-state index is 0.00263. The Morgan fingerprint density at radius 2 is 1.83 bits per heavy atom. The van der Waals surface area contributed by atoms with Crippen molar-refractivity contribution >= 4 is 21.6 Å². The second kappa shape index (κ2) is 9.60. The van der Waals surface area contributed by atoms with E-state index in [2.05, 4.69) is 23.5 Å². The number of sulfonamides is 1. The molecule has 0 saturated heterocycles. The van der Waals surface area contributed by atoms with Crippen molar-refractivity contribution in [3.63, 3.8) is 0 Å². The summed E-state index contributed by atoms with van der Waals surface area (Å²) in [5, 5.41) is 2.99. The van der Waals surface area contributed by atoms with Gasteiger partial charge in [-0.05, 0) is 67.9 Å². The Balaban J connectivity index is 1.56. The number of carbonyl (C=O) groups excluding carboxylic acids is 1. The van der Waals surface area contributed by atoms with Crippen molar-refractivity contribution in [2.24, 2.45) is 0 Å². The molecule has 1 aliphatic rings. The zero-order valence-electron chi connectivity index (χ0n) is 17.5. The molecule has 0 spiro atoms. The average molecular weight is 433 g/mol. The summed E-state index contributed by atoms with van der Waals surface area (Å²) in [5.74, 6) is -0.754. The number of anilines is 1. The molecular formula is C23H29FN2O3S. The first-order chi connectivity index (χ1) is 14.3. The van der Waals surface area contributed by atoms with Gasteiger partial charge in [-0.3, -0.25) is 9.10 Å². The first-order valence-corrected chi connectivity index (χ1v) is 12.2. The number of amides is 1. The number of hydrogen-bond acceptors (Lipinski definition) is 3. The van der Waals surface area contributed by atoms with Gasteiger partial charge in [0, 0.05) is 13.0 Å². The maximum Gasteiger partial charge on any atom is 0.232 e. The van der Waals surface area contributed by atoms with E-state index in [-0.39, 0.29) is 30.6 Å². The van der Waals surface area contributed by atoms with E-state index in [0.29, 0.717) is 6.42 Å². The van der Waals surface area contributed by atoms with Gasteiger partial charge in [0.25, 0.3) is 0 Å². The maximum atomic E-state index is 14.1. The van der Waals surface area contributed by atoms with E-state index in [1.165, 1.54) is 42.2 Å². The number of nitrogens with zero attached hydrogens (tertiary/aromatic N) is 1. The molecule has 3 rings (SSSR count). The molecule has 0 heterocycles. The van der Waals surface area contributed by atoms with Gasteiger partial charge in [-0.25, -0.2) is 12.8 Å². The lowest BCUT2D eigenvalue weighted by Crippen LogP contribution is -2.33. The molecule has 1 N–H and O–H groups in total. The highest BCUT2D eigenvalue weighted by Crippen LogP contribution is 2.25. The number of para-hydroxylation sites is 1. The lowest BCUT2D eigenvalue weighted by molar-refractivity contribution is -0.121. The van der Waals surface area contributed by atoms with Gasteiger partial charge in [0.1, 0.15) is 5.82 Å². The molecule has 0 saturated carbocycles. The Kier molecular flexibility index (Phi) is 7.13. The summed E-state index contributed by atoms with van der Waals surface area (Å²) in [7, 11) is -3.65. The molecular weight excluding hydrogens is 403 g/mol. The molecule has 5 nitrogen and oxygen atoms in total. The number of benzene rings is 2. The van der Waals surface area contributed by atoms with Crippen LogP contribution in [-0.2, 0) is 27.7 Å². The molecule has 0 bridgehead atoms. The number of aryl methyl sites for hydroxylation is 2. The molecule has 0 aromatic heterocycles. The molecule has 30 heavy (non-hydrogen) atoms. The average Bonchev–Trinajstić information content (AvgIpc) is 2.70. The normalized spacial score (nSPS) is 14.6. The van der Waals surface area contributed by atoms with Crippen molar-refractivity contribution in [2.75, 3.05) is 17.1 Å². The fourth-order valence-corrected chi connectivity index (χ4v) is 4.89. The zero-order chi connectivity index (χ0) is 21.7. The van der Waals surface area contributed by atoms with E-state index in [0.717, 1.165) is 29.0 Å². The zero-order valence-corrected chi connectivity index (χ0v) is 18.3. The summed E-state index contributed by atoms with van der Waals surface area (Å²) >= 11 is 0. The summed E-state index contributed by atoms with van der Waals surface area (Å²) in [4.78, 5) is 12.4. The number of fused-ring (bicyclic) bond motifs is 1. The van der Waals surface area contributed by atoms with Crippen LogP contribution in [0.1, 0.15) is 55.3 Å². The fourth-order valence-electron chi connectivity index (χ4n) is 3.92. The second-order valence-electron chi connectivity index (χ2n) is 7.91. The van der Waals surface area contributed by atoms with Crippen molar-refractivity contribution in [3.05, 3.63) is 65.0 Å². The van der Waals surface area contributed by atoms with Crippen LogP contribution in [0.5, 0.6) is 0 Å². The molecule has 0 unspecified atom stereocenters. The van der Waals surface area contributed by atoms with Crippen molar-refractivity contribution in [1.82, 2.24) is 5.32 Å². The van der Waals surface area contributed by atoms with E-state index < -0.39 is 15.8 Å².